The molecule has 4 fully saturated rings. The van der Waals surface area contributed by atoms with Crippen molar-refractivity contribution in [2.75, 3.05) is 13.1 Å². The van der Waals surface area contributed by atoms with E-state index in [2.05, 4.69) is 21.3 Å². The van der Waals surface area contributed by atoms with Crippen molar-refractivity contribution < 1.29 is 32.7 Å². The fourth-order valence-electron chi connectivity index (χ4n) is 6.91. The van der Waals surface area contributed by atoms with Crippen LogP contribution in [0.1, 0.15) is 104 Å². The third-order valence-corrected chi connectivity index (χ3v) is 10.9. The van der Waals surface area contributed by atoms with E-state index < -0.39 is 69.5 Å². The molecule has 13 heteroatoms. The lowest BCUT2D eigenvalue weighted by Gasteiger charge is -2.44. The van der Waals surface area contributed by atoms with Gasteiger partial charge in [0.1, 0.15) is 12.1 Å². The van der Waals surface area contributed by atoms with Crippen LogP contribution in [0.4, 0.5) is 4.79 Å². The number of urea groups is 1. The highest BCUT2D eigenvalue weighted by atomic mass is 32.2. The van der Waals surface area contributed by atoms with Crippen LogP contribution < -0.4 is 21.3 Å². The molecule has 3 saturated carbocycles. The van der Waals surface area contributed by atoms with Gasteiger partial charge in [-0.05, 0) is 63.7 Å². The second-order valence-corrected chi connectivity index (χ2v) is 14.2. The van der Waals surface area contributed by atoms with E-state index in [-0.39, 0.29) is 11.9 Å². The van der Waals surface area contributed by atoms with Crippen LogP contribution in [0.25, 0.3) is 0 Å². The summed E-state index contributed by atoms with van der Waals surface area (Å²) in [4.78, 5) is 66.6. The highest BCUT2D eigenvalue weighted by Crippen LogP contribution is 2.40. The van der Waals surface area contributed by atoms with Crippen molar-refractivity contribution in [3.8, 4) is 0 Å². The molecule has 1 saturated heterocycles. The summed E-state index contributed by atoms with van der Waals surface area (Å²) < 4.78 is 22.0. The van der Waals surface area contributed by atoms with Crippen molar-refractivity contribution in [3.63, 3.8) is 0 Å². The molecule has 3 aliphatic carbocycles. The van der Waals surface area contributed by atoms with Crippen LogP contribution in [-0.2, 0) is 30.3 Å². The Morgan fingerprint density at radius 3 is 2.14 bits per heavy atom. The number of rotatable bonds is 11. The van der Waals surface area contributed by atoms with Crippen LogP contribution in [0.5, 0.6) is 0 Å². The Hall–Kier alpha value is -2.54. The number of ketones is 1. The lowest BCUT2D eigenvalue weighted by molar-refractivity contribution is -0.143. The largest absolute Gasteiger partial charge is 0.347 e. The molecule has 4 aliphatic rings. The minimum absolute atomic E-state index is 0.0323. The Kier molecular flexibility index (Phi) is 10.7. The zero-order valence-electron chi connectivity index (χ0n) is 24.9. The van der Waals surface area contributed by atoms with Gasteiger partial charge in [0.25, 0.3) is 5.91 Å². The van der Waals surface area contributed by atoms with Crippen molar-refractivity contribution >= 4 is 40.6 Å². The molecule has 4 rings (SSSR count). The molecule has 0 aromatic carbocycles. The smallest absolute Gasteiger partial charge is 0.315 e. The maximum absolute atomic E-state index is 14.2. The van der Waals surface area contributed by atoms with Gasteiger partial charge in [-0.1, -0.05) is 45.4 Å². The second kappa shape index (κ2) is 13.8. The fraction of sp³-hybridized carbons (Fsp3) is 0.828. The standard InChI is InChI=1S/C29H47N5O7S/c1-19(42(40)41)29(15-7-4-8-16-29)33-27(39)32-23(28(2)13-5-3-6-14-28)26(38)34-17-9-10-21(34)24(36)30-18-22(35)25(37)31-20-11-12-20/h19-21,23H,3-18H2,1-2H3,(H,30,36)(H,31,37)(H,40,41)(H2,32,33,39)/t19-,21-,23+/m0/s1. The van der Waals surface area contributed by atoms with E-state index in [4.69, 9.17) is 0 Å². The number of hydrogen-bond acceptors (Lipinski definition) is 6. The molecular formula is C29H47N5O7S. The highest BCUT2D eigenvalue weighted by molar-refractivity contribution is 7.80. The average Bonchev–Trinajstić information content (AvgIpc) is 3.65. The van der Waals surface area contributed by atoms with Gasteiger partial charge >= 0.3 is 6.03 Å². The number of nitrogens with one attached hydrogen (secondary N) is 4. The summed E-state index contributed by atoms with van der Waals surface area (Å²) in [5.74, 6) is -2.29. The lowest BCUT2D eigenvalue weighted by Crippen LogP contribution is -2.65. The maximum Gasteiger partial charge on any atom is 0.315 e. The Labute approximate surface area is 250 Å². The first-order chi connectivity index (χ1) is 20.0. The zero-order chi connectivity index (χ0) is 30.5. The van der Waals surface area contributed by atoms with Crippen LogP contribution >= 0.6 is 0 Å². The van der Waals surface area contributed by atoms with Crippen LogP contribution in [-0.4, -0.2) is 85.2 Å². The van der Waals surface area contributed by atoms with Gasteiger partial charge in [-0.2, -0.15) is 0 Å². The average molecular weight is 610 g/mol. The van der Waals surface area contributed by atoms with E-state index in [1.165, 1.54) is 4.90 Å². The molecule has 236 valence electrons. The maximum atomic E-state index is 14.2. The normalized spacial score (nSPS) is 25.4. The Balaban J connectivity index is 1.46. The molecule has 0 radical (unpaired) electrons. The van der Waals surface area contributed by atoms with Crippen molar-refractivity contribution in [1.29, 1.82) is 0 Å². The number of amides is 5. The Bertz CT molecular complexity index is 1070. The second-order valence-electron chi connectivity index (χ2n) is 13.0. The monoisotopic (exact) mass is 609 g/mol. The molecular weight excluding hydrogens is 562 g/mol. The molecule has 0 spiro atoms. The number of likely N-dealkylation sites (tertiary alicyclic amines) is 1. The van der Waals surface area contributed by atoms with Gasteiger partial charge in [-0.25, -0.2) is 9.00 Å². The van der Waals surface area contributed by atoms with Crippen molar-refractivity contribution in [3.05, 3.63) is 0 Å². The van der Waals surface area contributed by atoms with Gasteiger partial charge in [-0.15, -0.1) is 0 Å². The Morgan fingerprint density at radius 2 is 1.55 bits per heavy atom. The first kappa shape index (κ1) is 32.4. The zero-order valence-corrected chi connectivity index (χ0v) is 25.7. The molecule has 5 amide bonds. The van der Waals surface area contributed by atoms with Gasteiger partial charge < -0.3 is 30.7 Å². The first-order valence-corrected chi connectivity index (χ1v) is 16.7. The summed E-state index contributed by atoms with van der Waals surface area (Å²) in [6.07, 6.45) is 10.9. The van der Waals surface area contributed by atoms with Crippen LogP contribution in [0, 0.1) is 5.41 Å². The minimum atomic E-state index is -2.13. The third-order valence-electron chi connectivity index (χ3n) is 9.83. The summed E-state index contributed by atoms with van der Waals surface area (Å²) >= 11 is -2.13. The SMILES string of the molecule is C[C@H](S(=O)O)C1(NC(=O)N[C@H](C(=O)N2CCC[C@H]2C(=O)NCC(=O)C(=O)NC2CC2)C2(C)CCCCC2)CCCCC1. The van der Waals surface area contributed by atoms with E-state index >= 15 is 0 Å². The van der Waals surface area contributed by atoms with E-state index in [9.17, 15) is 32.7 Å². The first-order valence-electron chi connectivity index (χ1n) is 15.6. The third kappa shape index (κ3) is 7.69. The Morgan fingerprint density at radius 1 is 0.929 bits per heavy atom. The molecule has 1 unspecified atom stereocenters. The van der Waals surface area contributed by atoms with Gasteiger partial charge in [0.05, 0.1) is 17.3 Å². The number of nitrogens with zero attached hydrogens (tertiary/aromatic N) is 1. The lowest BCUT2D eigenvalue weighted by atomic mass is 9.70. The van der Waals surface area contributed by atoms with Crippen molar-refractivity contribution in [2.24, 2.45) is 5.41 Å². The van der Waals surface area contributed by atoms with Gasteiger partial charge in [0.2, 0.25) is 17.6 Å². The molecule has 0 aromatic heterocycles. The molecule has 1 aliphatic heterocycles. The molecule has 0 bridgehead atoms. The van der Waals surface area contributed by atoms with Crippen LogP contribution in [0.2, 0.25) is 0 Å². The van der Waals surface area contributed by atoms with Gasteiger partial charge in [0, 0.05) is 12.6 Å². The van der Waals surface area contributed by atoms with E-state index in [1.807, 2.05) is 6.92 Å². The highest BCUT2D eigenvalue weighted by Gasteiger charge is 2.48. The predicted molar refractivity (Wildman–Crippen MR) is 157 cm³/mol. The summed E-state index contributed by atoms with van der Waals surface area (Å²) in [5.41, 5.74) is -1.38. The van der Waals surface area contributed by atoms with Crippen molar-refractivity contribution in [1.82, 2.24) is 26.2 Å². The summed E-state index contributed by atoms with van der Waals surface area (Å²) in [6.45, 7) is 3.57. The van der Waals surface area contributed by atoms with Crippen LogP contribution in [0.15, 0.2) is 0 Å². The fourth-order valence-corrected chi connectivity index (χ4v) is 7.59. The molecule has 42 heavy (non-hydrogen) atoms. The van der Waals surface area contributed by atoms with Gasteiger partial charge in [0.15, 0.2) is 11.1 Å². The topological polar surface area (TPSA) is 174 Å². The number of hydrogen-bond donors (Lipinski definition) is 5. The molecule has 0 aromatic rings. The minimum Gasteiger partial charge on any atom is -0.347 e. The molecule has 1 heterocycles. The van der Waals surface area contributed by atoms with E-state index in [1.54, 1.807) is 6.92 Å². The number of Topliss-reactive ketones (excluding diaryl/α,β-unsaturated/α-hetero) is 1. The number of carbonyl (C=O) groups excluding carboxylic acids is 5. The van der Waals surface area contributed by atoms with E-state index in [0.29, 0.717) is 32.2 Å². The van der Waals surface area contributed by atoms with Gasteiger partial charge in [-0.3, -0.25) is 19.2 Å². The molecule has 5 N–H and O–H groups in total. The van der Waals surface area contributed by atoms with E-state index in [0.717, 1.165) is 64.2 Å². The summed E-state index contributed by atoms with van der Waals surface area (Å²) in [6, 6.07) is -2.22. The molecule has 12 nitrogen and oxygen atoms in total. The number of carbonyl (C=O) groups is 5. The summed E-state index contributed by atoms with van der Waals surface area (Å²) in [7, 11) is 0. The quantitative estimate of drug-likeness (QED) is 0.176. The summed E-state index contributed by atoms with van der Waals surface area (Å²) in [5, 5.41) is 10.4. The van der Waals surface area contributed by atoms with Crippen LogP contribution in [0.3, 0.4) is 0 Å². The molecule has 4 atom stereocenters. The predicted octanol–water partition coefficient (Wildman–Crippen LogP) is 1.89. The van der Waals surface area contributed by atoms with Crippen molar-refractivity contribution in [2.45, 2.75) is 133 Å².